The third kappa shape index (κ3) is 4.24. The number of carbonyl (C=O) groups excluding carboxylic acids is 2. The van der Waals surface area contributed by atoms with E-state index in [1.54, 1.807) is 9.80 Å². The van der Waals surface area contributed by atoms with Crippen LogP contribution in [-0.4, -0.2) is 54.5 Å². The standard InChI is InChI=1S/C24H24N4O3S/c29-20-17-27(15-18-7-3-1-4-8-18)23(30)21-22(28(20)16-19-9-5-2-6-10-19)25-24(32-21)26-11-13-31-14-12-26/h1-10H,11-17H2. The molecule has 2 aliphatic heterocycles. The number of benzene rings is 2. The molecule has 8 heteroatoms. The van der Waals surface area contributed by atoms with Crippen molar-refractivity contribution in [3.8, 4) is 0 Å². The van der Waals surface area contributed by atoms with E-state index in [0.29, 0.717) is 37.0 Å². The summed E-state index contributed by atoms with van der Waals surface area (Å²) >= 11 is 1.37. The van der Waals surface area contributed by atoms with E-state index in [1.807, 2.05) is 60.7 Å². The summed E-state index contributed by atoms with van der Waals surface area (Å²) in [6, 6.07) is 19.6. The molecule has 2 amide bonds. The molecule has 164 valence electrons. The number of carbonyl (C=O) groups is 2. The average Bonchev–Trinajstić information content (AvgIpc) is 3.25. The van der Waals surface area contributed by atoms with Gasteiger partial charge in [0.25, 0.3) is 5.91 Å². The molecule has 32 heavy (non-hydrogen) atoms. The highest BCUT2D eigenvalue weighted by molar-refractivity contribution is 7.18. The second-order valence-corrected chi connectivity index (χ2v) is 8.84. The molecule has 1 saturated heterocycles. The monoisotopic (exact) mass is 448 g/mol. The highest BCUT2D eigenvalue weighted by atomic mass is 32.1. The van der Waals surface area contributed by atoms with Gasteiger partial charge in [-0.15, -0.1) is 0 Å². The average molecular weight is 449 g/mol. The van der Waals surface area contributed by atoms with E-state index in [9.17, 15) is 9.59 Å². The Morgan fingerprint density at radius 2 is 1.50 bits per heavy atom. The van der Waals surface area contributed by atoms with Crippen LogP contribution in [0.15, 0.2) is 60.7 Å². The molecule has 7 nitrogen and oxygen atoms in total. The Morgan fingerprint density at radius 3 is 2.16 bits per heavy atom. The van der Waals surface area contributed by atoms with Crippen LogP contribution in [0.2, 0.25) is 0 Å². The highest BCUT2D eigenvalue weighted by Gasteiger charge is 2.36. The molecule has 1 fully saturated rings. The van der Waals surface area contributed by atoms with E-state index in [4.69, 9.17) is 9.72 Å². The number of aromatic nitrogens is 1. The number of rotatable bonds is 5. The van der Waals surface area contributed by atoms with Crippen molar-refractivity contribution in [1.29, 1.82) is 0 Å². The first-order chi connectivity index (χ1) is 15.7. The number of thiazole rings is 1. The minimum absolute atomic E-state index is 0.0243. The highest BCUT2D eigenvalue weighted by Crippen LogP contribution is 2.36. The van der Waals surface area contributed by atoms with Gasteiger partial charge in [0.05, 0.1) is 19.8 Å². The van der Waals surface area contributed by atoms with Crippen LogP contribution >= 0.6 is 11.3 Å². The summed E-state index contributed by atoms with van der Waals surface area (Å²) in [4.78, 5) is 37.7. The molecule has 5 rings (SSSR count). The van der Waals surface area contributed by atoms with Crippen LogP contribution in [0, 0.1) is 0 Å². The van der Waals surface area contributed by atoms with E-state index in [2.05, 4.69) is 4.90 Å². The lowest BCUT2D eigenvalue weighted by atomic mass is 10.2. The molecule has 1 aromatic heterocycles. The number of anilines is 2. The molecule has 2 aromatic carbocycles. The molecular formula is C24H24N4O3S. The second-order valence-electron chi connectivity index (χ2n) is 7.86. The van der Waals surface area contributed by atoms with Crippen molar-refractivity contribution < 1.29 is 14.3 Å². The van der Waals surface area contributed by atoms with Gasteiger partial charge in [-0.25, -0.2) is 4.98 Å². The number of fused-ring (bicyclic) bond motifs is 1. The summed E-state index contributed by atoms with van der Waals surface area (Å²) < 4.78 is 5.46. The van der Waals surface area contributed by atoms with Gasteiger partial charge in [0.15, 0.2) is 10.9 Å². The summed E-state index contributed by atoms with van der Waals surface area (Å²) in [5, 5.41) is 0.763. The molecule has 0 spiro atoms. The predicted octanol–water partition coefficient (Wildman–Crippen LogP) is 3.17. The van der Waals surface area contributed by atoms with Crippen molar-refractivity contribution in [2.45, 2.75) is 13.1 Å². The molecule has 0 saturated carbocycles. The molecule has 0 bridgehead atoms. The third-order valence-corrected chi connectivity index (χ3v) is 6.74. The Hall–Kier alpha value is -3.23. The first kappa shape index (κ1) is 20.7. The van der Waals surface area contributed by atoms with Gasteiger partial charge >= 0.3 is 0 Å². The zero-order valence-electron chi connectivity index (χ0n) is 17.6. The maximum atomic E-state index is 13.6. The SMILES string of the molecule is O=C1c2sc(N3CCOCC3)nc2N(Cc2ccccc2)C(=O)CN1Cc1ccccc1. The van der Waals surface area contributed by atoms with Crippen molar-refractivity contribution >= 4 is 34.1 Å². The maximum absolute atomic E-state index is 13.6. The van der Waals surface area contributed by atoms with Crippen LogP contribution in [-0.2, 0) is 22.6 Å². The second kappa shape index (κ2) is 9.10. The van der Waals surface area contributed by atoms with E-state index < -0.39 is 0 Å². The van der Waals surface area contributed by atoms with Gasteiger partial charge < -0.3 is 14.5 Å². The van der Waals surface area contributed by atoms with Crippen LogP contribution in [0.4, 0.5) is 10.9 Å². The smallest absolute Gasteiger partial charge is 0.268 e. The van der Waals surface area contributed by atoms with Gasteiger partial charge in [-0.05, 0) is 11.1 Å². The first-order valence-electron chi connectivity index (χ1n) is 10.7. The number of ether oxygens (including phenoxy) is 1. The number of amides is 2. The Balaban J connectivity index is 1.52. The summed E-state index contributed by atoms with van der Waals surface area (Å²) in [6.45, 7) is 3.49. The fourth-order valence-corrected chi connectivity index (χ4v) is 5.05. The summed E-state index contributed by atoms with van der Waals surface area (Å²) in [5.41, 5.74) is 1.99. The Kier molecular flexibility index (Phi) is 5.87. The van der Waals surface area contributed by atoms with Crippen LogP contribution in [0.25, 0.3) is 0 Å². The van der Waals surface area contributed by atoms with Crippen molar-refractivity contribution in [1.82, 2.24) is 9.88 Å². The van der Waals surface area contributed by atoms with Gasteiger partial charge in [-0.1, -0.05) is 72.0 Å². The molecule has 0 unspecified atom stereocenters. The van der Waals surface area contributed by atoms with Gasteiger partial charge in [0.2, 0.25) is 5.91 Å². The molecule has 0 N–H and O–H groups in total. The molecular weight excluding hydrogens is 424 g/mol. The normalized spacial score (nSPS) is 16.8. The van der Waals surface area contributed by atoms with Gasteiger partial charge in [0.1, 0.15) is 11.4 Å². The van der Waals surface area contributed by atoms with Crippen molar-refractivity contribution in [2.75, 3.05) is 42.6 Å². The molecule has 3 heterocycles. The van der Waals surface area contributed by atoms with E-state index in [-0.39, 0.29) is 18.4 Å². The van der Waals surface area contributed by atoms with Crippen molar-refractivity contribution in [3.05, 3.63) is 76.7 Å². The lowest BCUT2D eigenvalue weighted by molar-refractivity contribution is -0.119. The molecule has 0 atom stereocenters. The van der Waals surface area contributed by atoms with Crippen LogP contribution < -0.4 is 9.80 Å². The van der Waals surface area contributed by atoms with Gasteiger partial charge in [-0.2, -0.15) is 0 Å². The summed E-state index contributed by atoms with van der Waals surface area (Å²) in [5.74, 6) is 0.186. The summed E-state index contributed by atoms with van der Waals surface area (Å²) in [6.07, 6.45) is 0. The summed E-state index contributed by atoms with van der Waals surface area (Å²) in [7, 11) is 0. The Bertz CT molecular complexity index is 1100. The van der Waals surface area contributed by atoms with Crippen molar-refractivity contribution in [3.63, 3.8) is 0 Å². The molecule has 3 aromatic rings. The van der Waals surface area contributed by atoms with Crippen LogP contribution in [0.1, 0.15) is 20.8 Å². The van der Waals surface area contributed by atoms with E-state index in [1.165, 1.54) is 11.3 Å². The molecule has 0 radical (unpaired) electrons. The van der Waals surface area contributed by atoms with Crippen molar-refractivity contribution in [2.24, 2.45) is 0 Å². The molecule has 2 aliphatic rings. The number of nitrogens with zero attached hydrogens (tertiary/aromatic N) is 4. The zero-order chi connectivity index (χ0) is 21.9. The van der Waals surface area contributed by atoms with E-state index in [0.717, 1.165) is 29.3 Å². The van der Waals surface area contributed by atoms with Gasteiger partial charge in [-0.3, -0.25) is 14.5 Å². The number of hydrogen-bond donors (Lipinski definition) is 0. The largest absolute Gasteiger partial charge is 0.378 e. The lowest BCUT2D eigenvalue weighted by Crippen LogP contribution is -2.39. The fourth-order valence-electron chi connectivity index (χ4n) is 3.96. The number of hydrogen-bond acceptors (Lipinski definition) is 6. The zero-order valence-corrected chi connectivity index (χ0v) is 18.5. The fraction of sp³-hybridized carbons (Fsp3) is 0.292. The quantitative estimate of drug-likeness (QED) is 0.600. The Morgan fingerprint density at radius 1 is 0.875 bits per heavy atom. The maximum Gasteiger partial charge on any atom is 0.268 e. The first-order valence-corrected chi connectivity index (χ1v) is 11.5. The van der Waals surface area contributed by atoms with Gasteiger partial charge in [0, 0.05) is 19.6 Å². The van der Waals surface area contributed by atoms with Crippen LogP contribution in [0.5, 0.6) is 0 Å². The minimum Gasteiger partial charge on any atom is -0.378 e. The Labute approximate surface area is 190 Å². The topological polar surface area (TPSA) is 66.0 Å². The predicted molar refractivity (Wildman–Crippen MR) is 124 cm³/mol. The minimum atomic E-state index is -0.148. The number of morpholine rings is 1. The van der Waals surface area contributed by atoms with Crippen LogP contribution in [0.3, 0.4) is 0 Å². The third-order valence-electron chi connectivity index (χ3n) is 5.64. The lowest BCUT2D eigenvalue weighted by Gasteiger charge is -2.26. The van der Waals surface area contributed by atoms with E-state index >= 15 is 0 Å². The molecule has 0 aliphatic carbocycles.